The van der Waals surface area contributed by atoms with Crippen molar-refractivity contribution in [3.05, 3.63) is 40.9 Å². The van der Waals surface area contributed by atoms with E-state index in [0.717, 1.165) is 0 Å². The number of aromatic nitrogens is 4. The van der Waals surface area contributed by atoms with Crippen molar-refractivity contribution in [1.29, 1.82) is 0 Å². The molecular formula is C9H6BrN5O. The van der Waals surface area contributed by atoms with Crippen LogP contribution >= 0.6 is 15.9 Å². The highest BCUT2D eigenvalue weighted by atomic mass is 79.9. The van der Waals surface area contributed by atoms with Crippen molar-refractivity contribution in [2.24, 2.45) is 0 Å². The molecule has 2 rings (SSSR count). The minimum atomic E-state index is -0.340. The molecule has 2 heterocycles. The van der Waals surface area contributed by atoms with E-state index in [0.29, 0.717) is 10.2 Å². The monoisotopic (exact) mass is 279 g/mol. The fraction of sp³-hybridized carbons (Fsp3) is 0. The highest BCUT2D eigenvalue weighted by molar-refractivity contribution is 9.10. The lowest BCUT2D eigenvalue weighted by Gasteiger charge is -2.03. The Morgan fingerprint density at radius 3 is 2.81 bits per heavy atom. The summed E-state index contributed by atoms with van der Waals surface area (Å²) in [6, 6.07) is 3.31. The Kier molecular flexibility index (Phi) is 3.16. The van der Waals surface area contributed by atoms with Gasteiger partial charge >= 0.3 is 0 Å². The van der Waals surface area contributed by atoms with Crippen LogP contribution in [-0.2, 0) is 0 Å². The maximum atomic E-state index is 11.7. The predicted molar refractivity (Wildman–Crippen MR) is 59.7 cm³/mol. The van der Waals surface area contributed by atoms with Crippen molar-refractivity contribution in [2.45, 2.75) is 0 Å². The summed E-state index contributed by atoms with van der Waals surface area (Å²) in [7, 11) is 0. The smallest absolute Gasteiger partial charge is 0.260 e. The molecule has 2 aromatic rings. The molecule has 2 aromatic heterocycles. The van der Waals surface area contributed by atoms with Crippen LogP contribution in [0.3, 0.4) is 0 Å². The van der Waals surface area contributed by atoms with Gasteiger partial charge in [-0.25, -0.2) is 9.97 Å². The van der Waals surface area contributed by atoms with Crippen LogP contribution in [0.15, 0.2) is 35.3 Å². The van der Waals surface area contributed by atoms with Crippen LogP contribution in [0.2, 0.25) is 0 Å². The zero-order chi connectivity index (χ0) is 11.4. The van der Waals surface area contributed by atoms with Gasteiger partial charge in [0.15, 0.2) is 0 Å². The van der Waals surface area contributed by atoms with Gasteiger partial charge in [-0.2, -0.15) is 5.10 Å². The SMILES string of the molecule is O=C(Nc1nccnn1)c1cccnc1Br. The summed E-state index contributed by atoms with van der Waals surface area (Å²) in [5, 5.41) is 9.75. The normalized spacial score (nSPS) is 9.81. The standard InChI is InChI=1S/C9H6BrN5O/c10-7-6(2-1-3-11-7)8(16)14-9-12-4-5-13-15-9/h1-5H,(H,12,14,15,16). The van der Waals surface area contributed by atoms with Crippen molar-refractivity contribution >= 4 is 27.8 Å². The van der Waals surface area contributed by atoms with Gasteiger partial charge in [-0.05, 0) is 28.1 Å². The predicted octanol–water partition coefficient (Wildman–Crippen LogP) is 1.28. The molecular weight excluding hydrogens is 274 g/mol. The molecule has 0 fully saturated rings. The van der Waals surface area contributed by atoms with E-state index in [1.165, 1.54) is 12.4 Å². The number of pyridine rings is 1. The van der Waals surface area contributed by atoms with Gasteiger partial charge in [0.1, 0.15) is 4.60 Å². The van der Waals surface area contributed by atoms with Crippen LogP contribution in [0.4, 0.5) is 5.95 Å². The number of nitrogens with one attached hydrogen (secondary N) is 1. The Bertz CT molecular complexity index is 504. The molecule has 0 aliphatic rings. The van der Waals surface area contributed by atoms with E-state index < -0.39 is 0 Å². The largest absolute Gasteiger partial charge is 0.289 e. The second-order valence-corrected chi connectivity index (χ2v) is 3.51. The van der Waals surface area contributed by atoms with Gasteiger partial charge in [-0.1, -0.05) is 0 Å². The highest BCUT2D eigenvalue weighted by Crippen LogP contribution is 2.13. The fourth-order valence-corrected chi connectivity index (χ4v) is 1.46. The van der Waals surface area contributed by atoms with Gasteiger partial charge in [0.05, 0.1) is 18.0 Å². The Morgan fingerprint density at radius 2 is 2.12 bits per heavy atom. The van der Waals surface area contributed by atoms with Gasteiger partial charge in [0.25, 0.3) is 5.91 Å². The van der Waals surface area contributed by atoms with Crippen LogP contribution in [0, 0.1) is 0 Å². The second kappa shape index (κ2) is 4.75. The van der Waals surface area contributed by atoms with Gasteiger partial charge in [-0.15, -0.1) is 5.10 Å². The molecule has 16 heavy (non-hydrogen) atoms. The molecule has 0 spiro atoms. The van der Waals surface area contributed by atoms with Crippen molar-refractivity contribution in [1.82, 2.24) is 20.2 Å². The van der Waals surface area contributed by atoms with Gasteiger partial charge in [0, 0.05) is 6.20 Å². The molecule has 6 nitrogen and oxygen atoms in total. The van der Waals surface area contributed by atoms with Crippen LogP contribution in [0.5, 0.6) is 0 Å². The fourth-order valence-electron chi connectivity index (χ4n) is 1.03. The van der Waals surface area contributed by atoms with Crippen LogP contribution in [0.25, 0.3) is 0 Å². The summed E-state index contributed by atoms with van der Waals surface area (Å²) in [4.78, 5) is 19.5. The van der Waals surface area contributed by atoms with Crippen LogP contribution < -0.4 is 5.32 Å². The number of hydrogen-bond acceptors (Lipinski definition) is 5. The number of amides is 1. The van der Waals surface area contributed by atoms with Gasteiger partial charge in [0.2, 0.25) is 5.95 Å². The average Bonchev–Trinajstić information content (AvgIpc) is 2.31. The molecule has 0 radical (unpaired) electrons. The lowest BCUT2D eigenvalue weighted by atomic mass is 10.3. The Morgan fingerprint density at radius 1 is 1.25 bits per heavy atom. The van der Waals surface area contributed by atoms with E-state index in [9.17, 15) is 4.79 Å². The first kappa shape index (κ1) is 10.6. The maximum Gasteiger partial charge on any atom is 0.260 e. The number of carbonyl (C=O) groups excluding carboxylic acids is 1. The number of rotatable bonds is 2. The average molecular weight is 280 g/mol. The van der Waals surface area contributed by atoms with E-state index in [-0.39, 0.29) is 11.9 Å². The minimum absolute atomic E-state index is 0.156. The van der Waals surface area contributed by atoms with Crippen LogP contribution in [-0.4, -0.2) is 26.1 Å². The summed E-state index contributed by atoms with van der Waals surface area (Å²) in [6.07, 6.45) is 4.46. The van der Waals surface area contributed by atoms with E-state index in [1.54, 1.807) is 18.3 Å². The number of hydrogen-bond donors (Lipinski definition) is 1. The number of anilines is 1. The Hall–Kier alpha value is -1.89. The summed E-state index contributed by atoms with van der Waals surface area (Å²) >= 11 is 3.18. The molecule has 0 saturated heterocycles. The van der Waals surface area contributed by atoms with E-state index in [1.807, 2.05) is 0 Å². The highest BCUT2D eigenvalue weighted by Gasteiger charge is 2.11. The number of nitrogens with zero attached hydrogens (tertiary/aromatic N) is 4. The number of halogens is 1. The third-order valence-electron chi connectivity index (χ3n) is 1.71. The molecule has 0 aliphatic heterocycles. The summed E-state index contributed by atoms with van der Waals surface area (Å²) < 4.78 is 0.469. The number of carbonyl (C=O) groups is 1. The van der Waals surface area contributed by atoms with Crippen molar-refractivity contribution in [2.75, 3.05) is 5.32 Å². The Labute approximate surface area is 99.3 Å². The molecule has 80 valence electrons. The zero-order valence-corrected chi connectivity index (χ0v) is 9.55. The Balaban J connectivity index is 2.19. The summed E-state index contributed by atoms with van der Waals surface area (Å²) in [6.45, 7) is 0. The quantitative estimate of drug-likeness (QED) is 0.838. The van der Waals surface area contributed by atoms with Crippen molar-refractivity contribution < 1.29 is 4.79 Å². The molecule has 0 bridgehead atoms. The topological polar surface area (TPSA) is 80.7 Å². The molecule has 1 amide bonds. The first-order valence-corrected chi connectivity index (χ1v) is 5.12. The maximum absolute atomic E-state index is 11.7. The third-order valence-corrected chi connectivity index (χ3v) is 2.34. The van der Waals surface area contributed by atoms with Crippen LogP contribution in [0.1, 0.15) is 10.4 Å². The minimum Gasteiger partial charge on any atom is -0.289 e. The first-order chi connectivity index (χ1) is 7.77. The van der Waals surface area contributed by atoms with Gasteiger partial charge < -0.3 is 0 Å². The lowest BCUT2D eigenvalue weighted by molar-refractivity contribution is 0.102. The van der Waals surface area contributed by atoms with Gasteiger partial charge in [-0.3, -0.25) is 10.1 Å². The van der Waals surface area contributed by atoms with Crippen molar-refractivity contribution in [3.8, 4) is 0 Å². The van der Waals surface area contributed by atoms with E-state index >= 15 is 0 Å². The van der Waals surface area contributed by atoms with E-state index in [2.05, 4.69) is 41.4 Å². The summed E-state index contributed by atoms with van der Waals surface area (Å²) in [5.74, 6) is -0.184. The third kappa shape index (κ3) is 2.37. The molecule has 7 heteroatoms. The lowest BCUT2D eigenvalue weighted by Crippen LogP contribution is -2.15. The first-order valence-electron chi connectivity index (χ1n) is 4.33. The van der Waals surface area contributed by atoms with Crippen molar-refractivity contribution in [3.63, 3.8) is 0 Å². The molecule has 0 saturated carbocycles. The molecule has 0 aliphatic carbocycles. The molecule has 0 aromatic carbocycles. The summed E-state index contributed by atoms with van der Waals surface area (Å²) in [5.41, 5.74) is 0.412. The molecule has 1 N–H and O–H groups in total. The van der Waals surface area contributed by atoms with E-state index in [4.69, 9.17) is 0 Å². The second-order valence-electron chi connectivity index (χ2n) is 2.76. The molecule has 0 atom stereocenters. The zero-order valence-electron chi connectivity index (χ0n) is 7.96. The molecule has 0 unspecified atom stereocenters.